The lowest BCUT2D eigenvalue weighted by Gasteiger charge is -2.00. The summed E-state index contributed by atoms with van der Waals surface area (Å²) < 4.78 is 0. The van der Waals surface area contributed by atoms with Crippen molar-refractivity contribution >= 4 is 41.3 Å². The second kappa shape index (κ2) is 6.57. The number of hydrogen-bond donors (Lipinski definition) is 1. The van der Waals surface area contributed by atoms with Crippen molar-refractivity contribution in [2.24, 2.45) is 0 Å². The van der Waals surface area contributed by atoms with Crippen LogP contribution < -0.4 is 0 Å². The van der Waals surface area contributed by atoms with Gasteiger partial charge >= 0.3 is 0 Å². The largest absolute Gasteiger partial charge is 0.507 e. The molecule has 0 bridgehead atoms. The molecular formula is C16H10Cl2O3. The fraction of sp³-hybridized carbons (Fsp3) is 0. The van der Waals surface area contributed by atoms with Gasteiger partial charge in [-0.3, -0.25) is 9.59 Å². The topological polar surface area (TPSA) is 54.4 Å². The molecule has 0 saturated heterocycles. The lowest BCUT2D eigenvalue weighted by atomic mass is 10.1. The van der Waals surface area contributed by atoms with E-state index < -0.39 is 0 Å². The maximum atomic E-state index is 12.0. The first-order chi connectivity index (χ1) is 10.0. The van der Waals surface area contributed by atoms with E-state index in [-0.39, 0.29) is 17.1 Å². The molecular weight excluding hydrogens is 311 g/mol. The number of halogens is 2. The zero-order valence-corrected chi connectivity index (χ0v) is 12.2. The Morgan fingerprint density at radius 2 is 1.81 bits per heavy atom. The number of phenols is 1. The Morgan fingerprint density at radius 3 is 2.48 bits per heavy atom. The Kier molecular flexibility index (Phi) is 4.78. The second-order valence-corrected chi connectivity index (χ2v) is 5.08. The number of hydrogen-bond acceptors (Lipinski definition) is 3. The number of aldehydes is 1. The zero-order valence-electron chi connectivity index (χ0n) is 10.7. The molecule has 0 radical (unpaired) electrons. The van der Waals surface area contributed by atoms with Crippen LogP contribution in [0.4, 0.5) is 0 Å². The van der Waals surface area contributed by atoms with Crippen LogP contribution in [0.15, 0.2) is 42.5 Å². The average Bonchev–Trinajstić information content (AvgIpc) is 2.48. The van der Waals surface area contributed by atoms with Crippen LogP contribution in [0.1, 0.15) is 26.3 Å². The monoisotopic (exact) mass is 320 g/mol. The van der Waals surface area contributed by atoms with Gasteiger partial charge in [0.05, 0.1) is 15.6 Å². The molecule has 1 N–H and O–H groups in total. The summed E-state index contributed by atoms with van der Waals surface area (Å²) in [5, 5.41) is 10.2. The number of carbonyl (C=O) groups excluding carboxylic acids is 2. The third-order valence-corrected chi connectivity index (χ3v) is 3.55. The van der Waals surface area contributed by atoms with E-state index in [0.29, 0.717) is 21.9 Å². The normalized spacial score (nSPS) is 10.8. The van der Waals surface area contributed by atoms with Crippen LogP contribution in [0.3, 0.4) is 0 Å². The summed E-state index contributed by atoms with van der Waals surface area (Å²) in [4.78, 5) is 22.7. The molecule has 106 valence electrons. The SMILES string of the molecule is O=Cc1cc(C(=O)/C=C/c2ccc(Cl)c(Cl)c2)ccc1O. The van der Waals surface area contributed by atoms with E-state index >= 15 is 0 Å². The van der Waals surface area contributed by atoms with E-state index in [9.17, 15) is 14.7 Å². The third kappa shape index (κ3) is 3.72. The molecule has 0 aliphatic heterocycles. The standard InChI is InChI=1S/C16H10Cl2O3/c17-13-4-1-10(7-14(13)18)2-5-15(20)11-3-6-16(21)12(8-11)9-19/h1-9,21H/b5-2+. The van der Waals surface area contributed by atoms with E-state index in [1.807, 2.05) is 0 Å². The van der Waals surface area contributed by atoms with Crippen molar-refractivity contribution in [1.29, 1.82) is 0 Å². The van der Waals surface area contributed by atoms with Crippen LogP contribution in [0.2, 0.25) is 10.0 Å². The van der Waals surface area contributed by atoms with Gasteiger partial charge in [0.2, 0.25) is 0 Å². The quantitative estimate of drug-likeness (QED) is 0.516. The lowest BCUT2D eigenvalue weighted by Crippen LogP contribution is -1.95. The summed E-state index contributed by atoms with van der Waals surface area (Å²) >= 11 is 11.7. The molecule has 0 amide bonds. The van der Waals surface area contributed by atoms with E-state index in [2.05, 4.69) is 0 Å². The first-order valence-electron chi connectivity index (χ1n) is 5.97. The van der Waals surface area contributed by atoms with Crippen molar-refractivity contribution in [1.82, 2.24) is 0 Å². The van der Waals surface area contributed by atoms with Crippen LogP contribution in [-0.2, 0) is 0 Å². The first kappa shape index (κ1) is 15.3. The molecule has 3 nitrogen and oxygen atoms in total. The Morgan fingerprint density at radius 1 is 1.05 bits per heavy atom. The Hall–Kier alpha value is -2.10. The van der Waals surface area contributed by atoms with Crippen LogP contribution in [0.25, 0.3) is 6.08 Å². The molecule has 0 saturated carbocycles. The second-order valence-electron chi connectivity index (χ2n) is 4.26. The number of carbonyl (C=O) groups is 2. The molecule has 2 aromatic carbocycles. The summed E-state index contributed by atoms with van der Waals surface area (Å²) in [5.41, 5.74) is 1.11. The van der Waals surface area contributed by atoms with Crippen molar-refractivity contribution in [3.8, 4) is 5.75 Å². The number of benzene rings is 2. The summed E-state index contributed by atoms with van der Waals surface area (Å²) in [6, 6.07) is 9.10. The maximum Gasteiger partial charge on any atom is 0.185 e. The van der Waals surface area contributed by atoms with Gasteiger partial charge in [-0.05, 0) is 42.0 Å². The van der Waals surface area contributed by atoms with Crippen LogP contribution in [-0.4, -0.2) is 17.2 Å². The maximum absolute atomic E-state index is 12.0. The number of phenolic OH excluding ortho intramolecular Hbond substituents is 1. The van der Waals surface area contributed by atoms with Crippen molar-refractivity contribution in [2.75, 3.05) is 0 Å². The molecule has 0 aliphatic carbocycles. The van der Waals surface area contributed by atoms with Gasteiger partial charge in [0.25, 0.3) is 0 Å². The molecule has 5 heteroatoms. The van der Waals surface area contributed by atoms with E-state index in [1.54, 1.807) is 24.3 Å². The third-order valence-electron chi connectivity index (χ3n) is 2.81. The van der Waals surface area contributed by atoms with Gasteiger partial charge in [-0.2, -0.15) is 0 Å². The first-order valence-corrected chi connectivity index (χ1v) is 6.72. The van der Waals surface area contributed by atoms with Crippen molar-refractivity contribution in [3.63, 3.8) is 0 Å². The molecule has 0 atom stereocenters. The summed E-state index contributed by atoms with van der Waals surface area (Å²) in [7, 11) is 0. The molecule has 2 rings (SSSR count). The highest BCUT2D eigenvalue weighted by molar-refractivity contribution is 6.42. The van der Waals surface area contributed by atoms with Gasteiger partial charge in [-0.1, -0.05) is 35.3 Å². The predicted octanol–water partition coefficient (Wildman–Crippen LogP) is 4.41. The van der Waals surface area contributed by atoms with Gasteiger partial charge in [0.1, 0.15) is 5.75 Å². The zero-order chi connectivity index (χ0) is 15.4. The van der Waals surface area contributed by atoms with Crippen LogP contribution in [0.5, 0.6) is 5.75 Å². The van der Waals surface area contributed by atoms with Crippen LogP contribution >= 0.6 is 23.2 Å². The van der Waals surface area contributed by atoms with Gasteiger partial charge in [-0.25, -0.2) is 0 Å². The van der Waals surface area contributed by atoms with Gasteiger partial charge in [0, 0.05) is 5.56 Å². The van der Waals surface area contributed by atoms with Crippen LogP contribution in [0, 0.1) is 0 Å². The molecule has 0 aliphatic rings. The fourth-order valence-electron chi connectivity index (χ4n) is 1.69. The molecule has 0 fully saturated rings. The number of allylic oxidation sites excluding steroid dienone is 1. The number of rotatable bonds is 4. The van der Waals surface area contributed by atoms with Crippen molar-refractivity contribution < 1.29 is 14.7 Å². The minimum absolute atomic E-state index is 0.0730. The highest BCUT2D eigenvalue weighted by atomic mass is 35.5. The van der Waals surface area contributed by atoms with Crippen molar-refractivity contribution in [2.45, 2.75) is 0 Å². The predicted molar refractivity (Wildman–Crippen MR) is 83.3 cm³/mol. The highest BCUT2D eigenvalue weighted by Gasteiger charge is 2.06. The summed E-state index contributed by atoms with van der Waals surface area (Å²) in [5.74, 6) is -0.445. The van der Waals surface area contributed by atoms with Gasteiger partial charge in [0.15, 0.2) is 12.1 Å². The summed E-state index contributed by atoms with van der Waals surface area (Å²) in [6.45, 7) is 0. The number of aromatic hydroxyl groups is 1. The molecule has 21 heavy (non-hydrogen) atoms. The highest BCUT2D eigenvalue weighted by Crippen LogP contribution is 2.23. The summed E-state index contributed by atoms with van der Waals surface area (Å²) in [6.07, 6.45) is 3.45. The molecule has 2 aromatic rings. The molecule has 0 heterocycles. The number of ketones is 1. The van der Waals surface area contributed by atoms with Gasteiger partial charge < -0.3 is 5.11 Å². The molecule has 0 unspecified atom stereocenters. The molecule has 0 spiro atoms. The average molecular weight is 321 g/mol. The minimum Gasteiger partial charge on any atom is -0.507 e. The van der Waals surface area contributed by atoms with Crippen molar-refractivity contribution in [3.05, 3.63) is 69.2 Å². The van der Waals surface area contributed by atoms with E-state index in [1.165, 1.54) is 24.3 Å². The minimum atomic E-state index is -0.288. The Balaban J connectivity index is 2.22. The molecule has 0 aromatic heterocycles. The van der Waals surface area contributed by atoms with E-state index in [4.69, 9.17) is 23.2 Å². The van der Waals surface area contributed by atoms with Gasteiger partial charge in [-0.15, -0.1) is 0 Å². The smallest absolute Gasteiger partial charge is 0.185 e. The lowest BCUT2D eigenvalue weighted by molar-refractivity contribution is 0.104. The fourth-order valence-corrected chi connectivity index (χ4v) is 1.99. The Labute approximate surface area is 131 Å². The Bertz CT molecular complexity index is 736. The van der Waals surface area contributed by atoms with E-state index in [0.717, 1.165) is 5.56 Å².